The molecular weight excluding hydrogens is 316 g/mol. The van der Waals surface area contributed by atoms with E-state index in [1.54, 1.807) is 29.4 Å². The summed E-state index contributed by atoms with van der Waals surface area (Å²) in [6.45, 7) is 0.632. The molecule has 0 aliphatic carbocycles. The molecule has 122 valence electrons. The van der Waals surface area contributed by atoms with Crippen molar-refractivity contribution >= 4 is 15.9 Å². The molecule has 7 heteroatoms. The normalized spacial score (nSPS) is 18.3. The lowest BCUT2D eigenvalue weighted by atomic mass is 10.1. The number of sulfonamides is 1. The summed E-state index contributed by atoms with van der Waals surface area (Å²) in [7, 11) is -2.23. The second-order valence-corrected chi connectivity index (χ2v) is 7.29. The number of furan rings is 1. The van der Waals surface area contributed by atoms with Crippen LogP contribution in [0.1, 0.15) is 35.0 Å². The minimum Gasteiger partial charge on any atom is -0.467 e. The van der Waals surface area contributed by atoms with E-state index in [4.69, 9.17) is 4.42 Å². The summed E-state index contributed by atoms with van der Waals surface area (Å²) in [4.78, 5) is 14.6. The average Bonchev–Trinajstić information content (AvgIpc) is 3.25. The molecule has 0 saturated carbocycles. The number of carbonyl (C=O) groups excluding carboxylic acids is 1. The van der Waals surface area contributed by atoms with Crippen molar-refractivity contribution in [1.82, 2.24) is 9.62 Å². The molecule has 1 fully saturated rings. The van der Waals surface area contributed by atoms with E-state index in [0.717, 1.165) is 18.6 Å². The third-order valence-corrected chi connectivity index (χ3v) is 5.46. The summed E-state index contributed by atoms with van der Waals surface area (Å²) in [5.74, 6) is 0.576. The van der Waals surface area contributed by atoms with Gasteiger partial charge in [-0.1, -0.05) is 6.07 Å². The highest BCUT2D eigenvalue weighted by atomic mass is 32.2. The van der Waals surface area contributed by atoms with E-state index in [-0.39, 0.29) is 16.8 Å². The van der Waals surface area contributed by atoms with Gasteiger partial charge in [-0.15, -0.1) is 0 Å². The lowest BCUT2D eigenvalue weighted by Gasteiger charge is -2.23. The molecule has 0 bridgehead atoms. The first-order chi connectivity index (χ1) is 11.0. The highest BCUT2D eigenvalue weighted by Crippen LogP contribution is 2.33. The predicted molar refractivity (Wildman–Crippen MR) is 84.4 cm³/mol. The van der Waals surface area contributed by atoms with Gasteiger partial charge in [-0.25, -0.2) is 13.1 Å². The van der Waals surface area contributed by atoms with E-state index in [0.29, 0.717) is 12.1 Å². The van der Waals surface area contributed by atoms with Gasteiger partial charge in [0, 0.05) is 12.1 Å². The second kappa shape index (κ2) is 6.17. The Hall–Kier alpha value is -2.12. The van der Waals surface area contributed by atoms with Crippen LogP contribution in [0.3, 0.4) is 0 Å². The number of rotatable bonds is 4. The van der Waals surface area contributed by atoms with E-state index in [1.165, 1.54) is 19.2 Å². The first kappa shape index (κ1) is 15.8. The largest absolute Gasteiger partial charge is 0.467 e. The summed E-state index contributed by atoms with van der Waals surface area (Å²) in [6, 6.07) is 9.66. The van der Waals surface area contributed by atoms with Crippen LogP contribution in [-0.2, 0) is 10.0 Å². The minimum absolute atomic E-state index is 0.0830. The summed E-state index contributed by atoms with van der Waals surface area (Å²) in [6.07, 6.45) is 3.33. The first-order valence-electron chi connectivity index (χ1n) is 7.41. The van der Waals surface area contributed by atoms with Crippen molar-refractivity contribution in [3.8, 4) is 0 Å². The maximum absolute atomic E-state index is 12.8. The van der Waals surface area contributed by atoms with Crippen LogP contribution in [0.25, 0.3) is 0 Å². The van der Waals surface area contributed by atoms with Crippen molar-refractivity contribution in [2.45, 2.75) is 23.8 Å². The third kappa shape index (κ3) is 3.02. The van der Waals surface area contributed by atoms with Gasteiger partial charge >= 0.3 is 0 Å². The van der Waals surface area contributed by atoms with Crippen molar-refractivity contribution in [1.29, 1.82) is 0 Å². The fourth-order valence-electron chi connectivity index (χ4n) is 2.87. The number of amides is 1. The summed E-state index contributed by atoms with van der Waals surface area (Å²) in [5.41, 5.74) is 0.361. The Morgan fingerprint density at radius 1 is 1.30 bits per heavy atom. The molecule has 1 amide bonds. The molecule has 6 nitrogen and oxygen atoms in total. The predicted octanol–water partition coefficient (Wildman–Crippen LogP) is 2.17. The zero-order valence-electron chi connectivity index (χ0n) is 12.7. The van der Waals surface area contributed by atoms with Gasteiger partial charge in [-0.3, -0.25) is 4.79 Å². The van der Waals surface area contributed by atoms with Gasteiger partial charge < -0.3 is 9.32 Å². The highest BCUT2D eigenvalue weighted by Gasteiger charge is 2.32. The Bertz CT molecular complexity index is 799. The zero-order chi connectivity index (χ0) is 16.4. The van der Waals surface area contributed by atoms with Crippen molar-refractivity contribution in [3.63, 3.8) is 0 Å². The Morgan fingerprint density at radius 2 is 2.13 bits per heavy atom. The van der Waals surface area contributed by atoms with Crippen LogP contribution in [0.4, 0.5) is 0 Å². The minimum atomic E-state index is -3.57. The van der Waals surface area contributed by atoms with Crippen molar-refractivity contribution in [2.75, 3.05) is 13.6 Å². The Labute approximate surface area is 135 Å². The van der Waals surface area contributed by atoms with E-state index in [1.807, 2.05) is 6.07 Å². The molecule has 3 rings (SSSR count). The standard InChI is InChI=1S/C16H18N2O4S/c1-17-23(20,21)13-6-2-5-12(11-13)16(19)18-9-3-7-14(18)15-8-4-10-22-15/h2,4-6,8,10-11,14,17H,3,7,9H2,1H3/t14-/m1/s1. The number of likely N-dealkylation sites (tertiary alicyclic amines) is 1. The SMILES string of the molecule is CNS(=O)(=O)c1cccc(C(=O)N2CCC[C@@H]2c2ccco2)c1. The Balaban J connectivity index is 1.90. The zero-order valence-corrected chi connectivity index (χ0v) is 13.5. The first-order valence-corrected chi connectivity index (χ1v) is 8.89. The summed E-state index contributed by atoms with van der Waals surface area (Å²) < 4.78 is 31.5. The van der Waals surface area contributed by atoms with E-state index in [2.05, 4.69) is 4.72 Å². The number of benzene rings is 1. The summed E-state index contributed by atoms with van der Waals surface area (Å²) in [5, 5.41) is 0. The quantitative estimate of drug-likeness (QED) is 0.929. The highest BCUT2D eigenvalue weighted by molar-refractivity contribution is 7.89. The van der Waals surface area contributed by atoms with Crippen molar-refractivity contribution in [3.05, 3.63) is 54.0 Å². The van der Waals surface area contributed by atoms with Crippen LogP contribution in [0.15, 0.2) is 52.0 Å². The van der Waals surface area contributed by atoms with Crippen LogP contribution in [0, 0.1) is 0 Å². The third-order valence-electron chi connectivity index (χ3n) is 4.05. The van der Waals surface area contributed by atoms with Gasteiger partial charge in [0.1, 0.15) is 5.76 Å². The second-order valence-electron chi connectivity index (χ2n) is 5.41. The maximum atomic E-state index is 12.8. The number of nitrogens with one attached hydrogen (secondary N) is 1. The van der Waals surface area contributed by atoms with Gasteiger partial charge in [-0.05, 0) is 50.2 Å². The lowest BCUT2D eigenvalue weighted by molar-refractivity contribution is 0.0719. The van der Waals surface area contributed by atoms with Gasteiger partial charge in [0.2, 0.25) is 10.0 Å². The lowest BCUT2D eigenvalue weighted by Crippen LogP contribution is -2.30. The molecule has 0 spiro atoms. The number of hydrogen-bond donors (Lipinski definition) is 1. The fraction of sp³-hybridized carbons (Fsp3) is 0.312. The monoisotopic (exact) mass is 334 g/mol. The molecule has 1 saturated heterocycles. The van der Waals surface area contributed by atoms with E-state index < -0.39 is 10.0 Å². The van der Waals surface area contributed by atoms with E-state index in [9.17, 15) is 13.2 Å². The molecular formula is C16H18N2O4S. The van der Waals surface area contributed by atoms with E-state index >= 15 is 0 Å². The maximum Gasteiger partial charge on any atom is 0.254 e. The fourth-order valence-corrected chi connectivity index (χ4v) is 3.64. The van der Waals surface area contributed by atoms with Crippen LogP contribution in [-0.4, -0.2) is 32.8 Å². The van der Waals surface area contributed by atoms with Crippen LogP contribution < -0.4 is 4.72 Å². The van der Waals surface area contributed by atoms with Crippen LogP contribution in [0.5, 0.6) is 0 Å². The molecule has 23 heavy (non-hydrogen) atoms. The topological polar surface area (TPSA) is 79.6 Å². The molecule has 1 atom stereocenters. The number of hydrogen-bond acceptors (Lipinski definition) is 4. The van der Waals surface area contributed by atoms with Crippen molar-refractivity contribution < 1.29 is 17.6 Å². The number of carbonyl (C=O) groups is 1. The molecule has 2 heterocycles. The Kier molecular flexibility index (Phi) is 4.23. The van der Waals surface area contributed by atoms with Crippen LogP contribution >= 0.6 is 0 Å². The molecule has 1 aliphatic rings. The molecule has 1 aliphatic heterocycles. The Morgan fingerprint density at radius 3 is 2.83 bits per heavy atom. The average molecular weight is 334 g/mol. The molecule has 0 unspecified atom stereocenters. The van der Waals surface area contributed by atoms with Crippen LogP contribution in [0.2, 0.25) is 0 Å². The van der Waals surface area contributed by atoms with Gasteiger partial charge in [0.15, 0.2) is 0 Å². The van der Waals surface area contributed by atoms with Gasteiger partial charge in [0.05, 0.1) is 17.2 Å². The summed E-state index contributed by atoms with van der Waals surface area (Å²) >= 11 is 0. The molecule has 1 aromatic heterocycles. The van der Waals surface area contributed by atoms with Gasteiger partial charge in [0.25, 0.3) is 5.91 Å². The van der Waals surface area contributed by atoms with Crippen molar-refractivity contribution in [2.24, 2.45) is 0 Å². The van der Waals surface area contributed by atoms with Gasteiger partial charge in [-0.2, -0.15) is 0 Å². The molecule has 0 radical (unpaired) electrons. The molecule has 1 N–H and O–H groups in total. The number of nitrogens with zero attached hydrogens (tertiary/aromatic N) is 1. The molecule has 2 aromatic rings. The smallest absolute Gasteiger partial charge is 0.254 e. The molecule has 1 aromatic carbocycles.